The smallest absolute Gasteiger partial charge is 0.168 e. The van der Waals surface area contributed by atoms with E-state index in [1.54, 1.807) is 14.2 Å². The third kappa shape index (κ3) is 2.56. The first-order valence-corrected chi connectivity index (χ1v) is 6.13. The van der Waals surface area contributed by atoms with Gasteiger partial charge in [-0.25, -0.2) is 0 Å². The van der Waals surface area contributed by atoms with Crippen molar-refractivity contribution in [2.24, 2.45) is 0 Å². The van der Waals surface area contributed by atoms with Crippen LogP contribution >= 0.6 is 0 Å². The molecule has 0 amide bonds. The van der Waals surface area contributed by atoms with E-state index in [0.717, 1.165) is 28.0 Å². The van der Waals surface area contributed by atoms with E-state index in [0.29, 0.717) is 5.75 Å². The molecule has 0 radical (unpaired) electrons. The number of benzene rings is 2. The van der Waals surface area contributed by atoms with Crippen molar-refractivity contribution < 1.29 is 14.6 Å². The Labute approximate surface area is 113 Å². The van der Waals surface area contributed by atoms with Gasteiger partial charge in [0.15, 0.2) is 11.5 Å². The summed E-state index contributed by atoms with van der Waals surface area (Å²) in [6, 6.07) is 11.7. The van der Waals surface area contributed by atoms with Gasteiger partial charge in [-0.1, -0.05) is 30.3 Å². The average molecular weight is 258 g/mol. The molecule has 0 aliphatic rings. The molecule has 0 unspecified atom stereocenters. The van der Waals surface area contributed by atoms with Crippen LogP contribution in [0, 0.1) is 6.92 Å². The van der Waals surface area contributed by atoms with Gasteiger partial charge in [0.1, 0.15) is 0 Å². The molecular weight excluding hydrogens is 240 g/mol. The maximum Gasteiger partial charge on any atom is 0.168 e. The summed E-state index contributed by atoms with van der Waals surface area (Å²) in [6.07, 6.45) is 0. The minimum Gasteiger partial charge on any atom is -0.493 e. The predicted octanol–water partition coefficient (Wildman–Crippen LogP) is 3.17. The number of methoxy groups -OCH3 is 2. The Balaban J connectivity index is 2.58. The molecule has 3 heteroatoms. The lowest BCUT2D eigenvalue weighted by Crippen LogP contribution is -1.95. The van der Waals surface area contributed by atoms with Crippen molar-refractivity contribution in [2.75, 3.05) is 14.2 Å². The van der Waals surface area contributed by atoms with Crippen LogP contribution in [0.15, 0.2) is 36.4 Å². The minimum absolute atomic E-state index is 0.0520. The zero-order valence-corrected chi connectivity index (χ0v) is 11.4. The second-order valence-corrected chi connectivity index (χ2v) is 4.35. The van der Waals surface area contributed by atoms with Crippen molar-refractivity contribution in [3.63, 3.8) is 0 Å². The molecule has 2 aromatic carbocycles. The van der Waals surface area contributed by atoms with Gasteiger partial charge in [-0.3, -0.25) is 0 Å². The van der Waals surface area contributed by atoms with Crippen LogP contribution in [0.5, 0.6) is 11.5 Å². The van der Waals surface area contributed by atoms with Crippen LogP contribution in [0.1, 0.15) is 11.1 Å². The van der Waals surface area contributed by atoms with E-state index >= 15 is 0 Å². The minimum atomic E-state index is 0.0520. The second-order valence-electron chi connectivity index (χ2n) is 4.35. The van der Waals surface area contributed by atoms with Crippen LogP contribution in [0.25, 0.3) is 11.1 Å². The zero-order valence-electron chi connectivity index (χ0n) is 11.4. The average Bonchev–Trinajstić information content (AvgIpc) is 2.46. The summed E-state index contributed by atoms with van der Waals surface area (Å²) in [5, 5.41) is 9.16. The Kier molecular flexibility index (Phi) is 4.07. The van der Waals surface area contributed by atoms with Crippen LogP contribution in [0.3, 0.4) is 0 Å². The lowest BCUT2D eigenvalue weighted by molar-refractivity contribution is 0.282. The van der Waals surface area contributed by atoms with Crippen LogP contribution in [-0.4, -0.2) is 19.3 Å². The topological polar surface area (TPSA) is 38.7 Å². The van der Waals surface area contributed by atoms with Crippen molar-refractivity contribution in [3.05, 3.63) is 47.5 Å². The van der Waals surface area contributed by atoms with E-state index in [1.807, 2.05) is 43.3 Å². The molecule has 3 nitrogen and oxygen atoms in total. The number of aliphatic hydroxyl groups is 1. The number of hydrogen-bond donors (Lipinski definition) is 1. The second kappa shape index (κ2) is 5.76. The van der Waals surface area contributed by atoms with Crippen molar-refractivity contribution in [2.45, 2.75) is 13.5 Å². The van der Waals surface area contributed by atoms with E-state index in [2.05, 4.69) is 0 Å². The van der Waals surface area contributed by atoms with Gasteiger partial charge in [-0.2, -0.15) is 0 Å². The van der Waals surface area contributed by atoms with Gasteiger partial charge < -0.3 is 14.6 Å². The summed E-state index contributed by atoms with van der Waals surface area (Å²) in [4.78, 5) is 0. The van der Waals surface area contributed by atoms with E-state index in [4.69, 9.17) is 14.6 Å². The van der Waals surface area contributed by atoms with Crippen LogP contribution < -0.4 is 9.47 Å². The summed E-state index contributed by atoms with van der Waals surface area (Å²) in [6.45, 7) is 2.07. The molecule has 0 saturated carbocycles. The third-order valence-electron chi connectivity index (χ3n) is 3.17. The fourth-order valence-corrected chi connectivity index (χ4v) is 2.23. The van der Waals surface area contributed by atoms with Gasteiger partial charge in [-0.05, 0) is 29.7 Å². The molecule has 0 aliphatic heterocycles. The van der Waals surface area contributed by atoms with E-state index in [1.165, 1.54) is 0 Å². The molecule has 2 rings (SSSR count). The van der Waals surface area contributed by atoms with Gasteiger partial charge >= 0.3 is 0 Å². The molecule has 19 heavy (non-hydrogen) atoms. The van der Waals surface area contributed by atoms with Crippen LogP contribution in [-0.2, 0) is 6.61 Å². The lowest BCUT2D eigenvalue weighted by Gasteiger charge is -2.14. The highest BCUT2D eigenvalue weighted by atomic mass is 16.5. The normalized spacial score (nSPS) is 10.3. The highest BCUT2D eigenvalue weighted by Gasteiger charge is 2.13. The van der Waals surface area contributed by atoms with Gasteiger partial charge in [0.2, 0.25) is 0 Å². The standard InChI is InChI=1S/C16H18O3/c1-11-9-12(10-17)7-8-13(11)14-5-4-6-15(18-2)16(14)19-3/h4-9,17H,10H2,1-3H3. The molecule has 0 aliphatic carbocycles. The Morgan fingerprint density at radius 1 is 1.00 bits per heavy atom. The molecular formula is C16H18O3. The van der Waals surface area contributed by atoms with Gasteiger partial charge in [0, 0.05) is 5.56 Å². The van der Waals surface area contributed by atoms with Crippen LogP contribution in [0.4, 0.5) is 0 Å². The zero-order chi connectivity index (χ0) is 13.8. The number of rotatable bonds is 4. The van der Waals surface area contributed by atoms with Gasteiger partial charge in [0.25, 0.3) is 0 Å². The summed E-state index contributed by atoms with van der Waals surface area (Å²) in [5.74, 6) is 1.44. The van der Waals surface area contributed by atoms with Crippen molar-refractivity contribution >= 4 is 0 Å². The molecule has 0 saturated heterocycles. The highest BCUT2D eigenvalue weighted by molar-refractivity contribution is 5.76. The Morgan fingerprint density at radius 2 is 1.79 bits per heavy atom. The number of aliphatic hydroxyl groups excluding tert-OH is 1. The van der Waals surface area contributed by atoms with Gasteiger partial charge in [0.05, 0.1) is 20.8 Å². The number of ether oxygens (including phenoxy) is 2. The molecule has 0 spiro atoms. The predicted molar refractivity (Wildman–Crippen MR) is 75.6 cm³/mol. The van der Waals surface area contributed by atoms with E-state index < -0.39 is 0 Å². The molecule has 0 atom stereocenters. The van der Waals surface area contributed by atoms with Gasteiger partial charge in [-0.15, -0.1) is 0 Å². The van der Waals surface area contributed by atoms with Crippen molar-refractivity contribution in [1.82, 2.24) is 0 Å². The Morgan fingerprint density at radius 3 is 2.37 bits per heavy atom. The summed E-state index contributed by atoms with van der Waals surface area (Å²) >= 11 is 0. The Bertz CT molecular complexity index is 576. The van der Waals surface area contributed by atoms with E-state index in [-0.39, 0.29) is 6.61 Å². The number of hydrogen-bond acceptors (Lipinski definition) is 3. The lowest BCUT2D eigenvalue weighted by atomic mass is 9.97. The fourth-order valence-electron chi connectivity index (χ4n) is 2.23. The first-order valence-electron chi connectivity index (χ1n) is 6.13. The third-order valence-corrected chi connectivity index (χ3v) is 3.17. The van der Waals surface area contributed by atoms with Crippen LogP contribution in [0.2, 0.25) is 0 Å². The Hall–Kier alpha value is -2.00. The molecule has 0 bridgehead atoms. The largest absolute Gasteiger partial charge is 0.493 e. The molecule has 0 aromatic heterocycles. The maximum absolute atomic E-state index is 9.16. The maximum atomic E-state index is 9.16. The van der Waals surface area contributed by atoms with E-state index in [9.17, 15) is 0 Å². The summed E-state index contributed by atoms with van der Waals surface area (Å²) in [7, 11) is 3.27. The van der Waals surface area contributed by atoms with Crippen molar-refractivity contribution in [1.29, 1.82) is 0 Å². The molecule has 1 N–H and O–H groups in total. The SMILES string of the molecule is COc1cccc(-c2ccc(CO)cc2C)c1OC. The summed E-state index contributed by atoms with van der Waals surface area (Å²) in [5.41, 5.74) is 4.07. The molecule has 2 aromatic rings. The molecule has 0 heterocycles. The highest BCUT2D eigenvalue weighted by Crippen LogP contribution is 2.39. The first-order chi connectivity index (χ1) is 9.21. The summed E-state index contributed by atoms with van der Waals surface area (Å²) < 4.78 is 10.8. The fraction of sp³-hybridized carbons (Fsp3) is 0.250. The quantitative estimate of drug-likeness (QED) is 0.915. The number of para-hydroxylation sites is 1. The molecule has 0 fully saturated rings. The first kappa shape index (κ1) is 13.4. The molecule has 100 valence electrons. The van der Waals surface area contributed by atoms with Crippen molar-refractivity contribution in [3.8, 4) is 22.6 Å². The monoisotopic (exact) mass is 258 g/mol. The number of aryl methyl sites for hydroxylation is 1.